The molecule has 0 aliphatic heterocycles. The Hall–Kier alpha value is -1.44. The van der Waals surface area contributed by atoms with Crippen LogP contribution in [0.1, 0.15) is 25.5 Å². The van der Waals surface area contributed by atoms with Crippen molar-refractivity contribution >= 4 is 16.0 Å². The zero-order valence-corrected chi connectivity index (χ0v) is 13.2. The van der Waals surface area contributed by atoms with Gasteiger partial charge in [-0.3, -0.25) is 0 Å². The van der Waals surface area contributed by atoms with Gasteiger partial charge in [0, 0.05) is 0 Å². The highest BCUT2D eigenvalue weighted by molar-refractivity contribution is 7.89. The fraction of sp³-hybridized carbons (Fsp3) is 0.500. The molecule has 0 aliphatic rings. The molecule has 0 saturated heterocycles. The molecule has 1 unspecified atom stereocenters. The van der Waals surface area contributed by atoms with Crippen LogP contribution in [0.2, 0.25) is 0 Å². The van der Waals surface area contributed by atoms with Gasteiger partial charge in [0.15, 0.2) is 0 Å². The lowest BCUT2D eigenvalue weighted by Crippen LogP contribution is -2.37. The summed E-state index contributed by atoms with van der Waals surface area (Å²) in [7, 11) is -2.44. The topological polar surface area (TPSA) is 81.7 Å². The summed E-state index contributed by atoms with van der Waals surface area (Å²) in [6, 6.07) is 7.50. The first kappa shape index (κ1) is 17.6. The van der Waals surface area contributed by atoms with E-state index in [0.29, 0.717) is 5.56 Å². The van der Waals surface area contributed by atoms with Gasteiger partial charge in [0.2, 0.25) is 10.0 Å². The van der Waals surface area contributed by atoms with Gasteiger partial charge in [-0.15, -0.1) is 0 Å². The molecule has 0 fully saturated rings. The van der Waals surface area contributed by atoms with Crippen molar-refractivity contribution in [2.75, 3.05) is 19.5 Å². The quantitative estimate of drug-likeness (QED) is 0.730. The van der Waals surface area contributed by atoms with Crippen LogP contribution in [0.5, 0.6) is 0 Å². The maximum atomic E-state index is 12.0. The Labute approximate surface area is 125 Å². The minimum absolute atomic E-state index is 0.0503. The average molecular weight is 315 g/mol. The molecule has 0 bridgehead atoms. The van der Waals surface area contributed by atoms with E-state index in [1.165, 1.54) is 7.11 Å². The maximum absolute atomic E-state index is 12.0. The van der Waals surface area contributed by atoms with Crippen molar-refractivity contribution in [3.05, 3.63) is 35.9 Å². The number of methoxy groups -OCH3 is 1. The van der Waals surface area contributed by atoms with Crippen molar-refractivity contribution in [2.24, 2.45) is 0 Å². The van der Waals surface area contributed by atoms with Gasteiger partial charge in [-0.2, -0.15) is 4.72 Å². The minimum Gasteiger partial charge on any atom is -0.468 e. The van der Waals surface area contributed by atoms with E-state index in [-0.39, 0.29) is 18.5 Å². The Morgan fingerprint density at radius 1 is 1.24 bits per heavy atom. The summed E-state index contributed by atoms with van der Waals surface area (Å²) in [5.74, 6) is -0.875. The predicted molar refractivity (Wildman–Crippen MR) is 79.2 cm³/mol. The van der Waals surface area contributed by atoms with E-state index in [0.717, 1.165) is 0 Å². The number of hydrogen-bond donors (Lipinski definition) is 1. The lowest BCUT2D eigenvalue weighted by Gasteiger charge is -2.17. The lowest BCUT2D eigenvalue weighted by atomic mass is 10.1. The fourth-order valence-electron chi connectivity index (χ4n) is 1.65. The summed E-state index contributed by atoms with van der Waals surface area (Å²) in [6.07, 6.45) is -0.0503. The molecule has 118 valence electrons. The Balaban J connectivity index is 2.80. The third kappa shape index (κ3) is 6.24. The lowest BCUT2D eigenvalue weighted by molar-refractivity contribution is -0.142. The molecule has 21 heavy (non-hydrogen) atoms. The van der Waals surface area contributed by atoms with Crippen molar-refractivity contribution in [3.63, 3.8) is 0 Å². The van der Waals surface area contributed by atoms with Crippen LogP contribution in [0.25, 0.3) is 0 Å². The van der Waals surface area contributed by atoms with Gasteiger partial charge in [-0.1, -0.05) is 30.3 Å². The Morgan fingerprint density at radius 2 is 1.86 bits per heavy atom. The average Bonchev–Trinajstić information content (AvgIpc) is 2.44. The number of carbonyl (C=O) groups is 1. The number of esters is 1. The van der Waals surface area contributed by atoms with E-state index in [2.05, 4.69) is 9.46 Å². The van der Waals surface area contributed by atoms with Crippen molar-refractivity contribution in [3.8, 4) is 0 Å². The highest BCUT2D eigenvalue weighted by atomic mass is 32.2. The largest absolute Gasteiger partial charge is 0.468 e. The number of sulfonamides is 1. The zero-order valence-electron chi connectivity index (χ0n) is 12.4. The highest BCUT2D eigenvalue weighted by Gasteiger charge is 2.26. The number of rotatable bonds is 8. The summed E-state index contributed by atoms with van der Waals surface area (Å²) in [6.45, 7) is 3.71. The molecule has 0 radical (unpaired) electrons. The number of ether oxygens (including phenoxy) is 2. The second kappa shape index (κ2) is 8.11. The van der Waals surface area contributed by atoms with E-state index in [1.807, 2.05) is 13.8 Å². The number of carbonyl (C=O) groups excluding carboxylic acids is 1. The summed E-state index contributed by atoms with van der Waals surface area (Å²) in [4.78, 5) is 11.8. The Kier molecular flexibility index (Phi) is 6.80. The first-order chi connectivity index (χ1) is 9.85. The van der Waals surface area contributed by atoms with Gasteiger partial charge < -0.3 is 9.47 Å². The number of nitrogens with one attached hydrogen (secondary N) is 1. The van der Waals surface area contributed by atoms with Crippen LogP contribution in [0.4, 0.5) is 0 Å². The second-order valence-corrected chi connectivity index (χ2v) is 6.60. The summed E-state index contributed by atoms with van der Waals surface area (Å²) < 4.78 is 36.3. The van der Waals surface area contributed by atoms with Crippen LogP contribution in [0.3, 0.4) is 0 Å². The van der Waals surface area contributed by atoms with Crippen molar-refractivity contribution in [2.45, 2.75) is 26.0 Å². The molecule has 0 amide bonds. The van der Waals surface area contributed by atoms with E-state index < -0.39 is 22.0 Å². The predicted octanol–water partition coefficient (Wildman–Crippen LogP) is 1.25. The smallest absolute Gasteiger partial charge is 0.328 e. The number of hydrogen-bond acceptors (Lipinski definition) is 5. The molecule has 1 rings (SSSR count). The molecule has 7 heteroatoms. The van der Waals surface area contributed by atoms with Crippen LogP contribution in [-0.4, -0.2) is 40.0 Å². The van der Waals surface area contributed by atoms with Gasteiger partial charge in [-0.25, -0.2) is 13.2 Å². The molecule has 0 heterocycles. The maximum Gasteiger partial charge on any atom is 0.328 e. The first-order valence-corrected chi connectivity index (χ1v) is 8.25. The molecule has 0 aromatic heterocycles. The monoisotopic (exact) mass is 315 g/mol. The fourth-order valence-corrected chi connectivity index (χ4v) is 2.67. The summed E-state index contributed by atoms with van der Waals surface area (Å²) in [5, 5.41) is 0. The summed E-state index contributed by atoms with van der Waals surface area (Å²) in [5.41, 5.74) is 0.526. The number of benzene rings is 1. The normalized spacial score (nSPS) is 13.1. The molecule has 1 aromatic carbocycles. The van der Waals surface area contributed by atoms with Crippen LogP contribution >= 0.6 is 0 Å². The standard InChI is InChI=1S/C14H21NO5S/c1-11(2)20-9-10-21(17,18)15-13(14(16)19-3)12-7-5-4-6-8-12/h4-8,11,13,15H,9-10H2,1-3H3. The Bertz CT molecular complexity index is 542. The molecule has 1 aromatic rings. The SMILES string of the molecule is COC(=O)C(NS(=O)(=O)CCOC(C)C)c1ccccc1. The van der Waals surface area contributed by atoms with E-state index in [1.54, 1.807) is 30.3 Å². The second-order valence-electron chi connectivity index (χ2n) is 4.72. The molecule has 6 nitrogen and oxygen atoms in total. The van der Waals surface area contributed by atoms with Crippen LogP contribution < -0.4 is 4.72 Å². The van der Waals surface area contributed by atoms with Crippen molar-refractivity contribution in [1.29, 1.82) is 0 Å². The first-order valence-electron chi connectivity index (χ1n) is 6.60. The Morgan fingerprint density at radius 3 is 2.38 bits per heavy atom. The minimum atomic E-state index is -3.66. The van der Waals surface area contributed by atoms with E-state index >= 15 is 0 Å². The molecule has 0 saturated carbocycles. The highest BCUT2D eigenvalue weighted by Crippen LogP contribution is 2.15. The van der Waals surface area contributed by atoms with Gasteiger partial charge in [0.05, 0.1) is 25.6 Å². The van der Waals surface area contributed by atoms with Crippen LogP contribution in [0, 0.1) is 0 Å². The molecule has 0 aliphatic carbocycles. The van der Waals surface area contributed by atoms with Gasteiger partial charge in [0.1, 0.15) is 6.04 Å². The summed E-state index contributed by atoms with van der Waals surface area (Å²) >= 11 is 0. The molecule has 1 N–H and O–H groups in total. The van der Waals surface area contributed by atoms with Crippen LogP contribution in [0.15, 0.2) is 30.3 Å². The zero-order chi connectivity index (χ0) is 15.9. The van der Waals surface area contributed by atoms with Gasteiger partial charge in [-0.05, 0) is 19.4 Å². The van der Waals surface area contributed by atoms with Crippen molar-refractivity contribution in [1.82, 2.24) is 4.72 Å². The van der Waals surface area contributed by atoms with Gasteiger partial charge in [0.25, 0.3) is 0 Å². The van der Waals surface area contributed by atoms with E-state index in [9.17, 15) is 13.2 Å². The van der Waals surface area contributed by atoms with E-state index in [4.69, 9.17) is 4.74 Å². The molecule has 1 atom stereocenters. The molecular formula is C14H21NO5S. The van der Waals surface area contributed by atoms with Gasteiger partial charge >= 0.3 is 5.97 Å². The molecule has 0 spiro atoms. The molecular weight excluding hydrogens is 294 g/mol. The third-order valence-electron chi connectivity index (χ3n) is 2.67. The van der Waals surface area contributed by atoms with Crippen LogP contribution in [-0.2, 0) is 24.3 Å². The third-order valence-corrected chi connectivity index (χ3v) is 3.97. The van der Waals surface area contributed by atoms with Crippen molar-refractivity contribution < 1.29 is 22.7 Å².